The molecule has 2 aromatic rings. The molecule has 0 fully saturated rings. The second-order valence-electron chi connectivity index (χ2n) is 3.80. The molecule has 106 valence electrons. The average Bonchev–Trinajstić information content (AvgIpc) is 2.33. The van der Waals surface area contributed by atoms with Crippen LogP contribution in [0, 0.1) is 5.82 Å². The lowest BCUT2D eigenvalue weighted by atomic mass is 10.2. The third-order valence-corrected chi connectivity index (χ3v) is 3.17. The lowest BCUT2D eigenvalue weighted by Gasteiger charge is -2.12. The molecule has 0 radical (unpaired) electrons. The van der Waals surface area contributed by atoms with Crippen LogP contribution in [0.4, 0.5) is 29.1 Å². The summed E-state index contributed by atoms with van der Waals surface area (Å²) in [7, 11) is 0. The van der Waals surface area contributed by atoms with Crippen molar-refractivity contribution in [3.63, 3.8) is 0 Å². The predicted octanol–water partition coefficient (Wildman–Crippen LogP) is 5.40. The molecule has 2 rings (SSSR count). The summed E-state index contributed by atoms with van der Waals surface area (Å²) in [5, 5.41) is 2.83. The van der Waals surface area contributed by atoms with Crippen molar-refractivity contribution < 1.29 is 17.6 Å². The second-order valence-corrected chi connectivity index (χ2v) is 5.09. The van der Waals surface area contributed by atoms with E-state index in [1.807, 2.05) is 0 Å². The Labute approximate surface area is 124 Å². The van der Waals surface area contributed by atoms with Crippen molar-refractivity contribution in [2.75, 3.05) is 5.32 Å². The molecule has 0 unspecified atom stereocenters. The highest BCUT2D eigenvalue weighted by Crippen LogP contribution is 2.33. The zero-order chi connectivity index (χ0) is 14.9. The smallest absolute Gasteiger partial charge is 0.337 e. The van der Waals surface area contributed by atoms with Crippen LogP contribution in [0.2, 0.25) is 5.02 Å². The summed E-state index contributed by atoms with van der Waals surface area (Å²) < 4.78 is 51.7. The number of nitrogens with zero attached hydrogens (tertiary/aromatic N) is 1. The molecule has 0 aliphatic carbocycles. The largest absolute Gasteiger partial charge is 0.416 e. The highest BCUT2D eigenvalue weighted by Gasteiger charge is 2.31. The Hall–Kier alpha value is -1.34. The van der Waals surface area contributed by atoms with Crippen molar-refractivity contribution in [2.24, 2.45) is 0 Å². The number of rotatable bonds is 2. The Morgan fingerprint density at radius 2 is 1.90 bits per heavy atom. The van der Waals surface area contributed by atoms with Gasteiger partial charge in [-0.3, -0.25) is 0 Å². The van der Waals surface area contributed by atoms with Gasteiger partial charge < -0.3 is 5.32 Å². The molecule has 20 heavy (non-hydrogen) atoms. The van der Waals surface area contributed by atoms with Crippen molar-refractivity contribution in [1.29, 1.82) is 0 Å². The molecule has 1 aromatic carbocycles. The van der Waals surface area contributed by atoms with Crippen molar-refractivity contribution in [1.82, 2.24) is 4.98 Å². The molecule has 8 heteroatoms. The lowest BCUT2D eigenvalue weighted by Crippen LogP contribution is -2.06. The van der Waals surface area contributed by atoms with Gasteiger partial charge in [0, 0.05) is 6.20 Å². The van der Waals surface area contributed by atoms with E-state index in [4.69, 9.17) is 11.6 Å². The quantitative estimate of drug-likeness (QED) is 0.717. The van der Waals surface area contributed by atoms with Gasteiger partial charge in [-0.15, -0.1) is 0 Å². The first kappa shape index (κ1) is 15.1. The minimum atomic E-state index is -4.55. The molecule has 1 N–H and O–H groups in total. The van der Waals surface area contributed by atoms with E-state index in [0.29, 0.717) is 21.6 Å². The number of halogens is 6. The SMILES string of the molecule is Fc1ccc(C(F)(F)F)cc1Nc1ncc(Cl)cc1Br. The van der Waals surface area contributed by atoms with Gasteiger partial charge >= 0.3 is 6.18 Å². The topological polar surface area (TPSA) is 24.9 Å². The Bertz CT molecular complexity index is 646. The van der Waals surface area contributed by atoms with E-state index >= 15 is 0 Å². The molecule has 0 bridgehead atoms. The summed E-state index contributed by atoms with van der Waals surface area (Å²) in [5.74, 6) is -0.658. The van der Waals surface area contributed by atoms with E-state index in [1.165, 1.54) is 12.3 Å². The standard InChI is InChI=1S/C12H6BrClF4N2/c13-8-4-7(14)5-19-11(8)20-10-3-6(12(16,17)18)1-2-9(10)15/h1-5H,(H,19,20). The monoisotopic (exact) mass is 368 g/mol. The maximum Gasteiger partial charge on any atom is 0.416 e. The molecular formula is C12H6BrClF4N2. The van der Waals surface area contributed by atoms with Crippen LogP contribution >= 0.6 is 27.5 Å². The van der Waals surface area contributed by atoms with Crippen molar-refractivity contribution >= 4 is 39.0 Å². The zero-order valence-electron chi connectivity index (χ0n) is 9.60. The van der Waals surface area contributed by atoms with Crippen LogP contribution in [0.5, 0.6) is 0 Å². The molecule has 0 aliphatic heterocycles. The predicted molar refractivity (Wildman–Crippen MR) is 71.6 cm³/mol. The molecule has 0 saturated heterocycles. The molecule has 0 aliphatic rings. The van der Waals surface area contributed by atoms with E-state index in [2.05, 4.69) is 26.2 Å². The molecule has 0 saturated carbocycles. The fraction of sp³-hybridized carbons (Fsp3) is 0.0833. The van der Waals surface area contributed by atoms with Crippen LogP contribution in [0.1, 0.15) is 5.56 Å². The fourth-order valence-corrected chi connectivity index (χ4v) is 2.17. The highest BCUT2D eigenvalue weighted by atomic mass is 79.9. The third kappa shape index (κ3) is 3.40. The van der Waals surface area contributed by atoms with Gasteiger partial charge in [0.05, 0.1) is 20.7 Å². The molecule has 0 spiro atoms. The number of hydrogen-bond donors (Lipinski definition) is 1. The summed E-state index contributed by atoms with van der Waals surface area (Å²) in [6, 6.07) is 3.58. The van der Waals surface area contributed by atoms with Crippen molar-refractivity contribution in [3.8, 4) is 0 Å². The van der Waals surface area contributed by atoms with Crippen LogP contribution in [-0.2, 0) is 6.18 Å². The number of benzene rings is 1. The van der Waals surface area contributed by atoms with Crippen LogP contribution in [0.15, 0.2) is 34.9 Å². The maximum absolute atomic E-state index is 13.6. The first-order chi connectivity index (χ1) is 9.27. The summed E-state index contributed by atoms with van der Waals surface area (Å²) in [6.07, 6.45) is -3.26. The zero-order valence-corrected chi connectivity index (χ0v) is 11.9. The number of nitrogens with one attached hydrogen (secondary N) is 1. The number of pyridine rings is 1. The summed E-state index contributed by atoms with van der Waals surface area (Å²) >= 11 is 8.83. The van der Waals surface area contributed by atoms with Gasteiger partial charge in [-0.05, 0) is 40.2 Å². The normalized spacial score (nSPS) is 11.5. The van der Waals surface area contributed by atoms with Gasteiger partial charge in [0.1, 0.15) is 11.6 Å². The van der Waals surface area contributed by atoms with E-state index in [1.54, 1.807) is 0 Å². The summed E-state index contributed by atoms with van der Waals surface area (Å²) in [6.45, 7) is 0. The third-order valence-electron chi connectivity index (χ3n) is 2.35. The second kappa shape index (κ2) is 5.57. The first-order valence-electron chi connectivity index (χ1n) is 5.22. The minimum Gasteiger partial charge on any atom is -0.337 e. The Balaban J connectivity index is 2.38. The number of aromatic nitrogens is 1. The van der Waals surface area contributed by atoms with E-state index in [9.17, 15) is 17.6 Å². The number of anilines is 2. The van der Waals surface area contributed by atoms with Gasteiger partial charge in [0.15, 0.2) is 0 Å². The highest BCUT2D eigenvalue weighted by molar-refractivity contribution is 9.10. The average molecular weight is 370 g/mol. The van der Waals surface area contributed by atoms with Crippen LogP contribution in [0.25, 0.3) is 0 Å². The van der Waals surface area contributed by atoms with Crippen LogP contribution in [-0.4, -0.2) is 4.98 Å². The Morgan fingerprint density at radius 1 is 1.20 bits per heavy atom. The Kier molecular flexibility index (Phi) is 4.19. The van der Waals surface area contributed by atoms with Gasteiger partial charge in [0.2, 0.25) is 0 Å². The van der Waals surface area contributed by atoms with Gasteiger partial charge in [-0.25, -0.2) is 9.37 Å². The van der Waals surface area contributed by atoms with Crippen molar-refractivity contribution in [2.45, 2.75) is 6.18 Å². The molecule has 1 aromatic heterocycles. The number of hydrogen-bond acceptors (Lipinski definition) is 2. The fourth-order valence-electron chi connectivity index (χ4n) is 1.43. The first-order valence-corrected chi connectivity index (χ1v) is 6.39. The van der Waals surface area contributed by atoms with E-state index in [-0.39, 0.29) is 11.5 Å². The molecule has 2 nitrogen and oxygen atoms in total. The van der Waals surface area contributed by atoms with Crippen molar-refractivity contribution in [3.05, 3.63) is 51.3 Å². The van der Waals surface area contributed by atoms with Gasteiger partial charge in [-0.2, -0.15) is 13.2 Å². The van der Waals surface area contributed by atoms with E-state index in [0.717, 1.165) is 6.07 Å². The maximum atomic E-state index is 13.6. The summed E-state index contributed by atoms with van der Waals surface area (Å²) in [4.78, 5) is 3.87. The van der Waals surface area contributed by atoms with Crippen LogP contribution in [0.3, 0.4) is 0 Å². The minimum absolute atomic E-state index is 0.160. The summed E-state index contributed by atoms with van der Waals surface area (Å²) in [5.41, 5.74) is -1.28. The molecule has 0 atom stereocenters. The molecule has 1 heterocycles. The number of alkyl halides is 3. The molecular weight excluding hydrogens is 363 g/mol. The van der Waals surface area contributed by atoms with Crippen LogP contribution < -0.4 is 5.32 Å². The molecule has 0 amide bonds. The van der Waals surface area contributed by atoms with E-state index < -0.39 is 17.6 Å². The Morgan fingerprint density at radius 3 is 2.50 bits per heavy atom. The van der Waals surface area contributed by atoms with Gasteiger partial charge in [-0.1, -0.05) is 11.6 Å². The lowest BCUT2D eigenvalue weighted by molar-refractivity contribution is -0.137. The van der Waals surface area contributed by atoms with Gasteiger partial charge in [0.25, 0.3) is 0 Å².